The molecule has 54 valence electrons. The first-order valence-electron chi connectivity index (χ1n) is 3.06. The third-order valence-electron chi connectivity index (χ3n) is 1.33. The standard InChI is InChI=1S/C7H4N2O2/c10-7-9-6-1-2-8-3-5(6)4-11-7/h1-4H. The predicted molar refractivity (Wildman–Crippen MR) is 38.1 cm³/mol. The van der Waals surface area contributed by atoms with Crippen molar-refractivity contribution in [3.05, 3.63) is 35.3 Å². The molecule has 0 aliphatic rings. The van der Waals surface area contributed by atoms with E-state index in [0.29, 0.717) is 5.52 Å². The lowest BCUT2D eigenvalue weighted by Gasteiger charge is -1.89. The lowest BCUT2D eigenvalue weighted by atomic mass is 10.3. The van der Waals surface area contributed by atoms with Crippen LogP contribution in [0.1, 0.15) is 0 Å². The van der Waals surface area contributed by atoms with E-state index in [1.165, 1.54) is 6.26 Å². The van der Waals surface area contributed by atoms with Crippen LogP contribution >= 0.6 is 0 Å². The quantitative estimate of drug-likeness (QED) is 0.548. The van der Waals surface area contributed by atoms with Crippen LogP contribution in [-0.4, -0.2) is 9.97 Å². The Morgan fingerprint density at radius 2 is 2.36 bits per heavy atom. The second-order valence-electron chi connectivity index (χ2n) is 2.05. The van der Waals surface area contributed by atoms with Gasteiger partial charge in [-0.25, -0.2) is 4.79 Å². The van der Waals surface area contributed by atoms with Crippen LogP contribution in [0.25, 0.3) is 10.9 Å². The van der Waals surface area contributed by atoms with Gasteiger partial charge in [-0.05, 0) is 6.07 Å². The molecule has 0 N–H and O–H groups in total. The van der Waals surface area contributed by atoms with Crippen molar-refractivity contribution in [1.29, 1.82) is 0 Å². The molecule has 0 spiro atoms. The zero-order valence-electron chi connectivity index (χ0n) is 5.52. The van der Waals surface area contributed by atoms with Crippen molar-refractivity contribution < 1.29 is 4.42 Å². The van der Waals surface area contributed by atoms with Crippen LogP contribution in [0.4, 0.5) is 0 Å². The van der Waals surface area contributed by atoms with Gasteiger partial charge < -0.3 is 4.42 Å². The number of nitrogens with zero attached hydrogens (tertiary/aromatic N) is 2. The largest absolute Gasteiger partial charge is 0.439 e. The van der Waals surface area contributed by atoms with Crippen LogP contribution in [0.5, 0.6) is 0 Å². The van der Waals surface area contributed by atoms with Crippen molar-refractivity contribution in [3.8, 4) is 0 Å². The number of rotatable bonds is 0. The summed E-state index contributed by atoms with van der Waals surface area (Å²) in [7, 11) is 0. The average molecular weight is 148 g/mol. The van der Waals surface area contributed by atoms with E-state index in [1.54, 1.807) is 18.5 Å². The Morgan fingerprint density at radius 1 is 1.45 bits per heavy atom. The SMILES string of the molecule is O=c1nc2ccncc2co1. The molecule has 2 aromatic rings. The minimum absolute atomic E-state index is 0.580. The normalized spacial score (nSPS) is 10.2. The molecule has 0 aromatic carbocycles. The number of pyridine rings is 1. The molecule has 0 amide bonds. The monoisotopic (exact) mass is 148 g/mol. The molecule has 11 heavy (non-hydrogen) atoms. The van der Waals surface area contributed by atoms with Crippen LogP contribution in [0.2, 0.25) is 0 Å². The van der Waals surface area contributed by atoms with Crippen molar-refractivity contribution in [3.63, 3.8) is 0 Å². The average Bonchev–Trinajstić information content (AvgIpc) is 2.04. The van der Waals surface area contributed by atoms with Crippen LogP contribution in [0.3, 0.4) is 0 Å². The summed E-state index contributed by atoms with van der Waals surface area (Å²) in [6, 6.07) is 1.66. The molecular formula is C7H4N2O2. The summed E-state index contributed by atoms with van der Waals surface area (Å²) in [5.74, 6) is -0.580. The molecule has 4 nitrogen and oxygen atoms in total. The summed E-state index contributed by atoms with van der Waals surface area (Å²) in [4.78, 5) is 18.0. The minimum Gasteiger partial charge on any atom is -0.416 e. The summed E-state index contributed by atoms with van der Waals surface area (Å²) in [5.41, 5.74) is 0.608. The van der Waals surface area contributed by atoms with Gasteiger partial charge >= 0.3 is 5.76 Å². The molecule has 0 aliphatic carbocycles. The number of fused-ring (bicyclic) bond motifs is 1. The Labute approximate surface area is 61.5 Å². The topological polar surface area (TPSA) is 56.0 Å². The van der Waals surface area contributed by atoms with Gasteiger partial charge in [0.2, 0.25) is 0 Å². The zero-order valence-corrected chi connectivity index (χ0v) is 5.52. The molecule has 0 saturated carbocycles. The first-order chi connectivity index (χ1) is 5.36. The molecule has 0 bridgehead atoms. The summed E-state index contributed by atoms with van der Waals surface area (Å²) in [6.45, 7) is 0. The Hall–Kier alpha value is -1.71. The molecular weight excluding hydrogens is 144 g/mol. The first kappa shape index (κ1) is 6.03. The van der Waals surface area contributed by atoms with Gasteiger partial charge in [0, 0.05) is 12.4 Å². The third-order valence-corrected chi connectivity index (χ3v) is 1.33. The minimum atomic E-state index is -0.580. The third kappa shape index (κ3) is 0.980. The Morgan fingerprint density at radius 3 is 3.27 bits per heavy atom. The van der Waals surface area contributed by atoms with Crippen molar-refractivity contribution in [2.75, 3.05) is 0 Å². The van der Waals surface area contributed by atoms with E-state index in [9.17, 15) is 4.79 Å². The lowest BCUT2D eigenvalue weighted by Crippen LogP contribution is -2.01. The zero-order chi connectivity index (χ0) is 7.68. The van der Waals surface area contributed by atoms with E-state index in [4.69, 9.17) is 0 Å². The van der Waals surface area contributed by atoms with Gasteiger partial charge in [0.1, 0.15) is 6.26 Å². The number of hydrogen-bond acceptors (Lipinski definition) is 4. The van der Waals surface area contributed by atoms with Gasteiger partial charge in [-0.15, -0.1) is 0 Å². The highest BCUT2D eigenvalue weighted by Crippen LogP contribution is 2.04. The fourth-order valence-electron chi connectivity index (χ4n) is 0.831. The van der Waals surface area contributed by atoms with Gasteiger partial charge in [-0.1, -0.05) is 0 Å². The van der Waals surface area contributed by atoms with Gasteiger partial charge in [-0.2, -0.15) is 4.98 Å². The number of aromatic nitrogens is 2. The molecule has 4 heteroatoms. The highest BCUT2D eigenvalue weighted by atomic mass is 16.4. The first-order valence-corrected chi connectivity index (χ1v) is 3.06. The molecule has 0 unspecified atom stereocenters. The number of hydrogen-bond donors (Lipinski definition) is 0. The molecule has 0 atom stereocenters. The van der Waals surface area contributed by atoms with E-state index in [-0.39, 0.29) is 0 Å². The van der Waals surface area contributed by atoms with Gasteiger partial charge in [-0.3, -0.25) is 4.98 Å². The maximum atomic E-state index is 10.6. The molecule has 2 aromatic heterocycles. The van der Waals surface area contributed by atoms with E-state index in [2.05, 4.69) is 14.4 Å². The van der Waals surface area contributed by atoms with Crippen molar-refractivity contribution in [1.82, 2.24) is 9.97 Å². The highest BCUT2D eigenvalue weighted by molar-refractivity contribution is 5.75. The molecule has 0 saturated heterocycles. The van der Waals surface area contributed by atoms with E-state index < -0.39 is 5.76 Å². The van der Waals surface area contributed by atoms with Crippen LogP contribution < -0.4 is 5.76 Å². The lowest BCUT2D eigenvalue weighted by molar-refractivity contribution is 0.493. The van der Waals surface area contributed by atoms with Crippen LogP contribution in [0.15, 0.2) is 33.9 Å². The molecule has 2 heterocycles. The fraction of sp³-hybridized carbons (Fsp3) is 0. The predicted octanol–water partition coefficient (Wildman–Crippen LogP) is 0.583. The summed E-state index contributed by atoms with van der Waals surface area (Å²) >= 11 is 0. The van der Waals surface area contributed by atoms with Gasteiger partial charge in [0.15, 0.2) is 0 Å². The van der Waals surface area contributed by atoms with E-state index >= 15 is 0 Å². The maximum Gasteiger partial charge on any atom is 0.439 e. The van der Waals surface area contributed by atoms with Crippen molar-refractivity contribution in [2.45, 2.75) is 0 Å². The maximum absolute atomic E-state index is 10.6. The Balaban J connectivity index is 2.94. The van der Waals surface area contributed by atoms with Crippen LogP contribution in [0, 0.1) is 0 Å². The van der Waals surface area contributed by atoms with Gasteiger partial charge in [0.05, 0.1) is 10.9 Å². The second kappa shape index (κ2) is 2.16. The van der Waals surface area contributed by atoms with Gasteiger partial charge in [0.25, 0.3) is 0 Å². The van der Waals surface area contributed by atoms with Crippen LogP contribution in [-0.2, 0) is 0 Å². The Bertz CT molecular complexity index is 435. The summed E-state index contributed by atoms with van der Waals surface area (Å²) < 4.78 is 4.53. The Kier molecular flexibility index (Phi) is 1.18. The fourth-order valence-corrected chi connectivity index (χ4v) is 0.831. The molecule has 0 fully saturated rings. The van der Waals surface area contributed by atoms with Crippen molar-refractivity contribution >= 4 is 10.9 Å². The van der Waals surface area contributed by atoms with E-state index in [0.717, 1.165) is 5.39 Å². The smallest absolute Gasteiger partial charge is 0.416 e. The van der Waals surface area contributed by atoms with Crippen molar-refractivity contribution in [2.24, 2.45) is 0 Å². The van der Waals surface area contributed by atoms with E-state index in [1.807, 2.05) is 0 Å². The molecule has 0 radical (unpaired) electrons. The summed E-state index contributed by atoms with van der Waals surface area (Å²) in [6.07, 6.45) is 4.51. The highest BCUT2D eigenvalue weighted by Gasteiger charge is 1.93. The second-order valence-corrected chi connectivity index (χ2v) is 2.05. The molecule has 0 aliphatic heterocycles. The summed E-state index contributed by atoms with van der Waals surface area (Å²) in [5, 5.41) is 0.729. The molecule has 2 rings (SSSR count).